The molecule has 0 bridgehead atoms. The summed E-state index contributed by atoms with van der Waals surface area (Å²) in [5.74, 6) is 0.661. The maximum atomic E-state index is 12.1. The number of halogens is 1. The fourth-order valence-electron chi connectivity index (χ4n) is 2.70. The number of amides is 1. The molecule has 1 amide bonds. The number of aromatic nitrogens is 2. The lowest BCUT2D eigenvalue weighted by atomic mass is 9.77. The molecule has 0 radical (unpaired) electrons. The zero-order chi connectivity index (χ0) is 13.9. The van der Waals surface area contributed by atoms with E-state index >= 15 is 0 Å². The second kappa shape index (κ2) is 5.74. The number of nitrogens with one attached hydrogen (secondary N) is 2. The third kappa shape index (κ3) is 3.35. The first-order valence-corrected chi connectivity index (χ1v) is 7.02. The van der Waals surface area contributed by atoms with Crippen LogP contribution in [0.2, 0.25) is 0 Å². The molecule has 1 aromatic heterocycles. The predicted molar refractivity (Wildman–Crippen MR) is 73.4 cm³/mol. The summed E-state index contributed by atoms with van der Waals surface area (Å²) in [6, 6.07) is 2.71. The molecule has 19 heavy (non-hydrogen) atoms. The van der Waals surface area contributed by atoms with Crippen LogP contribution in [0, 0.1) is 5.92 Å². The highest BCUT2D eigenvalue weighted by Crippen LogP contribution is 2.33. The largest absolute Gasteiger partial charge is 0.344 e. The Morgan fingerprint density at radius 1 is 1.63 bits per heavy atom. The molecule has 2 atom stereocenters. The van der Waals surface area contributed by atoms with Crippen molar-refractivity contribution in [3.05, 3.63) is 28.2 Å². The number of nitrogens with zero attached hydrogens (tertiary/aromatic N) is 1. The normalized spacial score (nSPS) is 26.9. The molecule has 0 saturated heterocycles. The van der Waals surface area contributed by atoms with Gasteiger partial charge in [-0.1, -0.05) is 19.8 Å². The number of carbonyl (C=O) groups excluding carboxylic acids is 1. The second-order valence-corrected chi connectivity index (χ2v) is 5.64. The van der Waals surface area contributed by atoms with Crippen LogP contribution in [0.25, 0.3) is 0 Å². The first kappa shape index (κ1) is 14.1. The van der Waals surface area contributed by atoms with Crippen LogP contribution in [0.4, 0.5) is 0 Å². The van der Waals surface area contributed by atoms with Gasteiger partial charge in [0, 0.05) is 11.9 Å². The second-order valence-electron chi connectivity index (χ2n) is 5.38. The molecule has 1 aliphatic rings. The van der Waals surface area contributed by atoms with Gasteiger partial charge in [0.25, 0.3) is 11.5 Å². The van der Waals surface area contributed by atoms with Gasteiger partial charge in [0.15, 0.2) is 0 Å². The minimum atomic E-state index is -0.353. The molecule has 0 spiro atoms. The van der Waals surface area contributed by atoms with Crippen LogP contribution in [0.3, 0.4) is 0 Å². The third-order valence-electron chi connectivity index (χ3n) is 3.64. The van der Waals surface area contributed by atoms with E-state index in [0.717, 1.165) is 19.3 Å². The van der Waals surface area contributed by atoms with Gasteiger partial charge in [-0.15, -0.1) is 11.6 Å². The molecular weight excluding hydrogens is 266 g/mol. The van der Waals surface area contributed by atoms with Crippen molar-refractivity contribution in [1.29, 1.82) is 0 Å². The van der Waals surface area contributed by atoms with Crippen LogP contribution in [-0.4, -0.2) is 27.5 Å². The van der Waals surface area contributed by atoms with Crippen molar-refractivity contribution in [3.63, 3.8) is 0 Å². The van der Waals surface area contributed by atoms with Crippen molar-refractivity contribution in [3.8, 4) is 0 Å². The molecule has 0 aliphatic heterocycles. The zero-order valence-electron chi connectivity index (χ0n) is 10.9. The van der Waals surface area contributed by atoms with E-state index < -0.39 is 0 Å². The van der Waals surface area contributed by atoms with E-state index in [2.05, 4.69) is 22.4 Å². The fourth-order valence-corrected chi connectivity index (χ4v) is 3.01. The summed E-state index contributed by atoms with van der Waals surface area (Å²) in [7, 11) is 0. The Labute approximate surface area is 116 Å². The van der Waals surface area contributed by atoms with E-state index in [1.54, 1.807) is 0 Å². The predicted octanol–water partition coefficient (Wildman–Crippen LogP) is 1.69. The summed E-state index contributed by atoms with van der Waals surface area (Å²) >= 11 is 6.07. The van der Waals surface area contributed by atoms with Gasteiger partial charge in [0.1, 0.15) is 5.69 Å². The van der Waals surface area contributed by atoms with Crippen molar-refractivity contribution < 1.29 is 4.79 Å². The summed E-state index contributed by atoms with van der Waals surface area (Å²) in [5, 5.41) is 8.99. The molecule has 2 N–H and O–H groups in total. The average molecular weight is 284 g/mol. The lowest BCUT2D eigenvalue weighted by Crippen LogP contribution is -2.52. The highest BCUT2D eigenvalue weighted by molar-refractivity contribution is 6.19. The quantitative estimate of drug-likeness (QED) is 0.829. The van der Waals surface area contributed by atoms with Gasteiger partial charge in [-0.3, -0.25) is 9.59 Å². The molecule has 6 heteroatoms. The van der Waals surface area contributed by atoms with Crippen LogP contribution in [0.1, 0.15) is 43.1 Å². The van der Waals surface area contributed by atoms with Crippen molar-refractivity contribution >= 4 is 17.5 Å². The number of hydrogen-bond donors (Lipinski definition) is 2. The van der Waals surface area contributed by atoms with Gasteiger partial charge < -0.3 is 5.32 Å². The van der Waals surface area contributed by atoms with E-state index in [4.69, 9.17) is 11.6 Å². The molecule has 1 aromatic rings. The van der Waals surface area contributed by atoms with E-state index in [1.807, 2.05) is 0 Å². The molecule has 1 aliphatic carbocycles. The lowest BCUT2D eigenvalue weighted by molar-refractivity contribution is 0.0861. The van der Waals surface area contributed by atoms with Crippen LogP contribution < -0.4 is 10.9 Å². The Kier molecular flexibility index (Phi) is 4.24. The molecule has 2 rings (SSSR count). The average Bonchev–Trinajstić information content (AvgIpc) is 2.39. The number of carbonyl (C=O) groups is 1. The Morgan fingerprint density at radius 3 is 3.00 bits per heavy atom. The van der Waals surface area contributed by atoms with Crippen LogP contribution >= 0.6 is 11.6 Å². The number of aromatic amines is 1. The first-order valence-electron chi connectivity index (χ1n) is 6.49. The molecule has 1 heterocycles. The van der Waals surface area contributed by atoms with Crippen LogP contribution in [-0.2, 0) is 0 Å². The molecule has 0 aromatic carbocycles. The smallest absolute Gasteiger partial charge is 0.272 e. The summed E-state index contributed by atoms with van der Waals surface area (Å²) in [4.78, 5) is 23.1. The van der Waals surface area contributed by atoms with Crippen molar-refractivity contribution in [2.45, 2.75) is 38.1 Å². The van der Waals surface area contributed by atoms with E-state index in [-0.39, 0.29) is 22.7 Å². The van der Waals surface area contributed by atoms with Gasteiger partial charge >= 0.3 is 0 Å². The van der Waals surface area contributed by atoms with Crippen LogP contribution in [0.15, 0.2) is 16.9 Å². The Hall–Kier alpha value is -1.36. The monoisotopic (exact) mass is 283 g/mol. The lowest BCUT2D eigenvalue weighted by Gasteiger charge is -2.39. The van der Waals surface area contributed by atoms with Gasteiger partial charge in [-0.2, -0.15) is 5.10 Å². The summed E-state index contributed by atoms with van der Waals surface area (Å²) in [5.41, 5.74) is -0.467. The van der Waals surface area contributed by atoms with Crippen molar-refractivity contribution in [2.24, 2.45) is 5.92 Å². The summed E-state index contributed by atoms with van der Waals surface area (Å²) < 4.78 is 0. The van der Waals surface area contributed by atoms with Crippen LogP contribution in [0.5, 0.6) is 0 Å². The van der Waals surface area contributed by atoms with E-state index in [1.165, 1.54) is 18.6 Å². The summed E-state index contributed by atoms with van der Waals surface area (Å²) in [6.45, 7) is 2.17. The SMILES string of the molecule is CC1CCCC(CCl)(NC(=O)c2ccc(=O)[nH]n2)C1. The van der Waals surface area contributed by atoms with Gasteiger partial charge in [-0.05, 0) is 24.8 Å². The third-order valence-corrected chi connectivity index (χ3v) is 4.15. The number of rotatable bonds is 3. The molecule has 104 valence electrons. The highest BCUT2D eigenvalue weighted by atomic mass is 35.5. The van der Waals surface area contributed by atoms with Crippen molar-refractivity contribution in [1.82, 2.24) is 15.5 Å². The molecular formula is C13H18ClN3O2. The molecule has 1 saturated carbocycles. The van der Waals surface area contributed by atoms with Crippen molar-refractivity contribution in [2.75, 3.05) is 5.88 Å². The molecule has 5 nitrogen and oxygen atoms in total. The zero-order valence-corrected chi connectivity index (χ0v) is 11.7. The van der Waals surface area contributed by atoms with Gasteiger partial charge in [-0.25, -0.2) is 5.10 Å². The number of alkyl halides is 1. The van der Waals surface area contributed by atoms with E-state index in [9.17, 15) is 9.59 Å². The number of hydrogen-bond acceptors (Lipinski definition) is 3. The Balaban J connectivity index is 2.11. The molecule has 2 unspecified atom stereocenters. The summed E-state index contributed by atoms with van der Waals surface area (Å²) in [6.07, 6.45) is 4.00. The maximum Gasteiger partial charge on any atom is 0.272 e. The fraction of sp³-hybridized carbons (Fsp3) is 0.615. The Morgan fingerprint density at radius 2 is 2.42 bits per heavy atom. The number of H-pyrrole nitrogens is 1. The Bertz CT molecular complexity index is 496. The minimum absolute atomic E-state index is 0.210. The topological polar surface area (TPSA) is 74.8 Å². The minimum Gasteiger partial charge on any atom is -0.344 e. The molecule has 1 fully saturated rings. The highest BCUT2D eigenvalue weighted by Gasteiger charge is 2.36. The van der Waals surface area contributed by atoms with Gasteiger partial charge in [0.2, 0.25) is 0 Å². The first-order chi connectivity index (χ1) is 9.04. The maximum absolute atomic E-state index is 12.1. The van der Waals surface area contributed by atoms with Gasteiger partial charge in [0.05, 0.1) is 5.54 Å². The van der Waals surface area contributed by atoms with E-state index in [0.29, 0.717) is 11.8 Å². The standard InChI is InChI=1S/C13H18ClN3O2/c1-9-3-2-6-13(7-9,8-14)15-12(19)10-4-5-11(18)17-16-10/h4-5,9H,2-3,6-8H2,1H3,(H,15,19)(H,17,18).